The molecule has 0 fully saturated rings. The van der Waals surface area contributed by atoms with Crippen molar-refractivity contribution in [3.05, 3.63) is 53.6 Å². The molecule has 1 heterocycles. The molecular formula is C19H13F3N2O3S. The number of ether oxygens (including phenoxy) is 2. The third-order valence-electron chi connectivity index (χ3n) is 3.59. The topological polar surface area (TPSA) is 71.4 Å². The molecule has 0 atom stereocenters. The van der Waals surface area contributed by atoms with E-state index in [1.54, 1.807) is 24.3 Å². The Morgan fingerprint density at radius 3 is 2.43 bits per heavy atom. The number of nitrogens with one attached hydrogen (secondary N) is 1. The van der Waals surface area contributed by atoms with Crippen LogP contribution >= 0.6 is 11.8 Å². The van der Waals surface area contributed by atoms with E-state index in [9.17, 15) is 23.2 Å². The number of anilines is 1. The number of alkyl halides is 3. The van der Waals surface area contributed by atoms with Crippen LogP contribution in [0.1, 0.15) is 5.56 Å². The van der Waals surface area contributed by atoms with Crippen LogP contribution in [-0.2, 0) is 4.79 Å². The quantitative estimate of drug-likeness (QED) is 0.456. The van der Waals surface area contributed by atoms with E-state index in [-0.39, 0.29) is 22.2 Å². The Morgan fingerprint density at radius 1 is 1.11 bits per heavy atom. The highest BCUT2D eigenvalue weighted by molar-refractivity contribution is 8.00. The van der Waals surface area contributed by atoms with Gasteiger partial charge in [0.2, 0.25) is 0 Å². The molecular weight excluding hydrogens is 393 g/mol. The summed E-state index contributed by atoms with van der Waals surface area (Å²) >= 11 is -0.234. The number of thioether (sulfide) groups is 1. The first-order valence-electron chi connectivity index (χ1n) is 8.03. The summed E-state index contributed by atoms with van der Waals surface area (Å²) in [5.41, 5.74) is -3.71. The Hall–Kier alpha value is -3.12. The SMILES string of the molecule is N#C/C(=C\c1ccc(SC(F)(F)F)cc1)C(=O)Nc1ccc2c(c1)OCCO2. The molecule has 0 spiro atoms. The fourth-order valence-electron chi connectivity index (χ4n) is 2.40. The van der Waals surface area contributed by atoms with Gasteiger partial charge in [-0.1, -0.05) is 12.1 Å². The zero-order valence-electron chi connectivity index (χ0n) is 14.2. The average Bonchev–Trinajstić information content (AvgIpc) is 2.66. The van der Waals surface area contributed by atoms with Gasteiger partial charge in [-0.25, -0.2) is 0 Å². The number of nitriles is 1. The van der Waals surface area contributed by atoms with E-state index in [2.05, 4.69) is 5.32 Å². The van der Waals surface area contributed by atoms with Crippen LogP contribution < -0.4 is 14.8 Å². The normalized spacial score (nSPS) is 13.6. The van der Waals surface area contributed by atoms with Crippen LogP contribution in [0.2, 0.25) is 0 Å². The van der Waals surface area contributed by atoms with Crippen molar-refractivity contribution in [3.63, 3.8) is 0 Å². The van der Waals surface area contributed by atoms with Gasteiger partial charge in [0.25, 0.3) is 5.91 Å². The Bertz CT molecular complexity index is 950. The van der Waals surface area contributed by atoms with Crippen LogP contribution in [-0.4, -0.2) is 24.6 Å². The van der Waals surface area contributed by atoms with E-state index in [1.807, 2.05) is 0 Å². The Balaban J connectivity index is 1.72. The smallest absolute Gasteiger partial charge is 0.446 e. The molecule has 1 aliphatic heterocycles. The molecule has 0 aromatic heterocycles. The number of carbonyl (C=O) groups excluding carboxylic acids is 1. The van der Waals surface area contributed by atoms with Crippen molar-refractivity contribution in [3.8, 4) is 17.6 Å². The number of rotatable bonds is 4. The van der Waals surface area contributed by atoms with Gasteiger partial charge >= 0.3 is 5.51 Å². The first-order chi connectivity index (χ1) is 13.3. The zero-order chi connectivity index (χ0) is 20.1. The molecule has 3 rings (SSSR count). The van der Waals surface area contributed by atoms with E-state index >= 15 is 0 Å². The molecule has 2 aromatic carbocycles. The van der Waals surface area contributed by atoms with E-state index < -0.39 is 11.4 Å². The minimum absolute atomic E-state index is 0.0175. The molecule has 1 amide bonds. The summed E-state index contributed by atoms with van der Waals surface area (Å²) in [7, 11) is 0. The summed E-state index contributed by atoms with van der Waals surface area (Å²) in [5, 5.41) is 11.8. The number of nitrogens with zero attached hydrogens (tertiary/aromatic N) is 1. The van der Waals surface area contributed by atoms with Crippen LogP contribution in [0.3, 0.4) is 0 Å². The monoisotopic (exact) mass is 406 g/mol. The summed E-state index contributed by atoms with van der Waals surface area (Å²) < 4.78 is 47.9. The second-order valence-corrected chi connectivity index (χ2v) is 6.74. The standard InChI is InChI=1S/C19H13F3N2O3S/c20-19(21,22)28-15-4-1-12(2-5-15)9-13(11-23)18(25)24-14-3-6-16-17(10-14)27-8-7-26-16/h1-6,9-10H,7-8H2,(H,24,25)/b13-9+. The maximum Gasteiger partial charge on any atom is 0.446 e. The predicted octanol–water partition coefficient (Wildman–Crippen LogP) is 4.62. The molecule has 2 aromatic rings. The minimum atomic E-state index is -4.38. The largest absolute Gasteiger partial charge is 0.486 e. The van der Waals surface area contributed by atoms with Gasteiger partial charge in [0.15, 0.2) is 11.5 Å². The van der Waals surface area contributed by atoms with E-state index in [0.29, 0.717) is 36.0 Å². The van der Waals surface area contributed by atoms with Crippen LogP contribution in [0.25, 0.3) is 6.08 Å². The van der Waals surface area contributed by atoms with Gasteiger partial charge in [-0.3, -0.25) is 4.79 Å². The number of halogens is 3. The van der Waals surface area contributed by atoms with Crippen LogP contribution in [0.15, 0.2) is 52.9 Å². The maximum atomic E-state index is 12.4. The first-order valence-corrected chi connectivity index (χ1v) is 8.84. The summed E-state index contributed by atoms with van der Waals surface area (Å²) in [6.45, 7) is 0.844. The molecule has 9 heteroatoms. The maximum absolute atomic E-state index is 12.4. The first kappa shape index (κ1) is 19.6. The van der Waals surface area contributed by atoms with Crippen LogP contribution in [0.5, 0.6) is 11.5 Å². The van der Waals surface area contributed by atoms with E-state index in [4.69, 9.17) is 9.47 Å². The lowest BCUT2D eigenvalue weighted by Crippen LogP contribution is -2.17. The number of amides is 1. The van der Waals surface area contributed by atoms with E-state index in [1.165, 1.54) is 30.3 Å². The van der Waals surface area contributed by atoms with Crippen molar-refractivity contribution in [2.45, 2.75) is 10.4 Å². The predicted molar refractivity (Wildman–Crippen MR) is 98.0 cm³/mol. The van der Waals surface area contributed by atoms with Crippen molar-refractivity contribution >= 4 is 29.4 Å². The fourth-order valence-corrected chi connectivity index (χ4v) is 2.94. The second kappa shape index (κ2) is 8.27. The van der Waals surface area contributed by atoms with Crippen LogP contribution in [0, 0.1) is 11.3 Å². The summed E-state index contributed by atoms with van der Waals surface area (Å²) in [6, 6.07) is 12.0. The highest BCUT2D eigenvalue weighted by atomic mass is 32.2. The molecule has 0 aliphatic carbocycles. The molecule has 144 valence electrons. The Kier molecular flexibility index (Phi) is 5.80. The van der Waals surface area contributed by atoms with Crippen molar-refractivity contribution in [2.75, 3.05) is 18.5 Å². The average molecular weight is 406 g/mol. The third kappa shape index (κ3) is 5.20. The number of hydrogen-bond acceptors (Lipinski definition) is 5. The third-order valence-corrected chi connectivity index (χ3v) is 4.33. The van der Waals surface area contributed by atoms with Crippen molar-refractivity contribution < 1.29 is 27.4 Å². The van der Waals surface area contributed by atoms with Crippen LogP contribution in [0.4, 0.5) is 18.9 Å². The molecule has 0 saturated carbocycles. The number of carbonyl (C=O) groups is 1. The molecule has 0 saturated heterocycles. The van der Waals surface area contributed by atoms with Gasteiger partial charge in [0.05, 0.1) is 0 Å². The zero-order valence-corrected chi connectivity index (χ0v) is 15.1. The van der Waals surface area contributed by atoms with Crippen molar-refractivity contribution in [1.82, 2.24) is 0 Å². The van der Waals surface area contributed by atoms with Gasteiger partial charge in [-0.05, 0) is 47.7 Å². The fraction of sp³-hybridized carbons (Fsp3) is 0.158. The van der Waals surface area contributed by atoms with E-state index in [0.717, 1.165) is 0 Å². The lowest BCUT2D eigenvalue weighted by molar-refractivity contribution is -0.112. The molecule has 0 radical (unpaired) electrons. The summed E-state index contributed by atoms with van der Waals surface area (Å²) in [4.78, 5) is 12.4. The summed E-state index contributed by atoms with van der Waals surface area (Å²) in [6.07, 6.45) is 1.30. The van der Waals surface area contributed by atoms with Crippen molar-refractivity contribution in [1.29, 1.82) is 5.26 Å². The van der Waals surface area contributed by atoms with Crippen molar-refractivity contribution in [2.24, 2.45) is 0 Å². The second-order valence-electron chi connectivity index (χ2n) is 5.60. The molecule has 0 bridgehead atoms. The van der Waals surface area contributed by atoms with Gasteiger partial charge in [-0.15, -0.1) is 0 Å². The highest BCUT2D eigenvalue weighted by Crippen LogP contribution is 2.37. The molecule has 1 N–H and O–H groups in total. The van der Waals surface area contributed by atoms with Gasteiger partial charge in [0, 0.05) is 16.6 Å². The summed E-state index contributed by atoms with van der Waals surface area (Å²) in [5.74, 6) is 0.411. The van der Waals surface area contributed by atoms with Gasteiger partial charge < -0.3 is 14.8 Å². The number of hydrogen-bond donors (Lipinski definition) is 1. The molecule has 5 nitrogen and oxygen atoms in total. The van der Waals surface area contributed by atoms with Gasteiger partial charge in [-0.2, -0.15) is 18.4 Å². The lowest BCUT2D eigenvalue weighted by Gasteiger charge is -2.18. The number of benzene rings is 2. The molecule has 1 aliphatic rings. The Morgan fingerprint density at radius 2 is 1.79 bits per heavy atom. The highest BCUT2D eigenvalue weighted by Gasteiger charge is 2.29. The lowest BCUT2D eigenvalue weighted by atomic mass is 10.1. The Labute approximate surface area is 162 Å². The molecule has 28 heavy (non-hydrogen) atoms. The minimum Gasteiger partial charge on any atom is -0.486 e. The number of fused-ring (bicyclic) bond motifs is 1. The van der Waals surface area contributed by atoms with Gasteiger partial charge in [0.1, 0.15) is 24.9 Å². The molecule has 0 unspecified atom stereocenters.